The summed E-state index contributed by atoms with van der Waals surface area (Å²) in [5.74, 6) is 0. The van der Waals surface area contributed by atoms with E-state index in [1.165, 1.54) is 11.3 Å². The Morgan fingerprint density at radius 3 is 3.00 bits per heavy atom. The molecule has 1 aromatic carbocycles. The molecule has 1 aliphatic rings. The van der Waals surface area contributed by atoms with E-state index in [0.29, 0.717) is 0 Å². The van der Waals surface area contributed by atoms with Gasteiger partial charge in [-0.05, 0) is 30.5 Å². The highest BCUT2D eigenvalue weighted by Gasteiger charge is 2.02. The SMILES string of the molecule is C=C1/C=C\CCc2ccccc2N1. The summed E-state index contributed by atoms with van der Waals surface area (Å²) in [4.78, 5) is 0. The van der Waals surface area contributed by atoms with Gasteiger partial charge in [-0.3, -0.25) is 0 Å². The van der Waals surface area contributed by atoms with Gasteiger partial charge in [0.2, 0.25) is 0 Å². The second kappa shape index (κ2) is 3.48. The van der Waals surface area contributed by atoms with E-state index >= 15 is 0 Å². The Hall–Kier alpha value is -1.50. The number of hydrogen-bond acceptors (Lipinski definition) is 1. The predicted octanol–water partition coefficient (Wildman–Crippen LogP) is 3.11. The molecule has 0 aliphatic carbocycles. The van der Waals surface area contributed by atoms with Crippen molar-refractivity contribution >= 4 is 5.69 Å². The topological polar surface area (TPSA) is 12.0 Å². The van der Waals surface area contributed by atoms with Crippen LogP contribution in [-0.4, -0.2) is 0 Å². The lowest BCUT2D eigenvalue weighted by molar-refractivity contribution is 0.994. The third kappa shape index (κ3) is 1.81. The maximum atomic E-state index is 3.92. The second-order valence-electron chi connectivity index (χ2n) is 3.25. The van der Waals surface area contributed by atoms with Crippen LogP contribution in [0.15, 0.2) is 48.7 Å². The van der Waals surface area contributed by atoms with Crippen LogP contribution in [0.25, 0.3) is 0 Å². The highest BCUT2D eigenvalue weighted by atomic mass is 14.9. The zero-order valence-corrected chi connectivity index (χ0v) is 7.59. The first kappa shape index (κ1) is 8.11. The number of rotatable bonds is 0. The Morgan fingerprint density at radius 1 is 1.23 bits per heavy atom. The van der Waals surface area contributed by atoms with Crippen LogP contribution in [-0.2, 0) is 6.42 Å². The molecule has 0 saturated carbocycles. The van der Waals surface area contributed by atoms with Crippen LogP contribution in [0.3, 0.4) is 0 Å². The lowest BCUT2D eigenvalue weighted by Crippen LogP contribution is -2.01. The van der Waals surface area contributed by atoms with Gasteiger partial charge in [-0.2, -0.15) is 0 Å². The summed E-state index contributed by atoms with van der Waals surface area (Å²) < 4.78 is 0. The van der Waals surface area contributed by atoms with Crippen molar-refractivity contribution in [3.05, 3.63) is 54.3 Å². The first-order valence-electron chi connectivity index (χ1n) is 4.56. The van der Waals surface area contributed by atoms with E-state index in [0.717, 1.165) is 18.5 Å². The molecule has 66 valence electrons. The fourth-order valence-electron chi connectivity index (χ4n) is 1.54. The molecule has 2 rings (SSSR count). The van der Waals surface area contributed by atoms with Gasteiger partial charge in [-0.1, -0.05) is 30.9 Å². The second-order valence-corrected chi connectivity index (χ2v) is 3.25. The molecule has 0 radical (unpaired) electrons. The normalized spacial score (nSPS) is 18.0. The van der Waals surface area contributed by atoms with Crippen molar-refractivity contribution in [2.24, 2.45) is 0 Å². The van der Waals surface area contributed by atoms with Gasteiger partial charge in [0.15, 0.2) is 0 Å². The minimum Gasteiger partial charge on any atom is -0.356 e. The number of fused-ring (bicyclic) bond motifs is 1. The quantitative estimate of drug-likeness (QED) is 0.632. The lowest BCUT2D eigenvalue weighted by atomic mass is 10.1. The van der Waals surface area contributed by atoms with Gasteiger partial charge in [0.05, 0.1) is 0 Å². The van der Waals surface area contributed by atoms with Crippen LogP contribution in [0, 0.1) is 0 Å². The minimum atomic E-state index is 0.965. The Morgan fingerprint density at radius 2 is 2.08 bits per heavy atom. The highest BCUT2D eigenvalue weighted by molar-refractivity contribution is 5.56. The van der Waals surface area contributed by atoms with Gasteiger partial charge in [0, 0.05) is 11.4 Å². The summed E-state index contributed by atoms with van der Waals surface area (Å²) in [7, 11) is 0. The first-order chi connectivity index (χ1) is 6.36. The number of benzene rings is 1. The van der Waals surface area contributed by atoms with E-state index in [1.54, 1.807) is 0 Å². The zero-order valence-electron chi connectivity index (χ0n) is 7.59. The first-order valence-corrected chi connectivity index (χ1v) is 4.56. The molecular weight excluding hydrogens is 158 g/mol. The summed E-state index contributed by atoms with van der Waals surface area (Å²) in [6, 6.07) is 8.38. The molecule has 0 bridgehead atoms. The predicted molar refractivity (Wildman–Crippen MR) is 56.7 cm³/mol. The van der Waals surface area contributed by atoms with Gasteiger partial charge in [0.1, 0.15) is 0 Å². The van der Waals surface area contributed by atoms with Crippen LogP contribution >= 0.6 is 0 Å². The molecule has 1 N–H and O–H groups in total. The molecule has 1 nitrogen and oxygen atoms in total. The van der Waals surface area contributed by atoms with E-state index < -0.39 is 0 Å². The van der Waals surface area contributed by atoms with Crippen molar-refractivity contribution < 1.29 is 0 Å². The van der Waals surface area contributed by atoms with Crippen molar-refractivity contribution in [1.82, 2.24) is 0 Å². The van der Waals surface area contributed by atoms with E-state index in [2.05, 4.69) is 36.2 Å². The third-order valence-electron chi connectivity index (χ3n) is 2.21. The fraction of sp³-hybridized carbons (Fsp3) is 0.167. The average molecular weight is 171 g/mol. The number of anilines is 1. The average Bonchev–Trinajstić information content (AvgIpc) is 2.11. The van der Waals surface area contributed by atoms with Gasteiger partial charge in [0.25, 0.3) is 0 Å². The number of hydrogen-bond donors (Lipinski definition) is 1. The van der Waals surface area contributed by atoms with Gasteiger partial charge >= 0.3 is 0 Å². The smallest absolute Gasteiger partial charge is 0.0416 e. The zero-order chi connectivity index (χ0) is 9.10. The summed E-state index contributed by atoms with van der Waals surface area (Å²) in [6.45, 7) is 3.92. The van der Waals surface area contributed by atoms with Crippen LogP contribution < -0.4 is 5.32 Å². The summed E-state index contributed by atoms with van der Waals surface area (Å²) >= 11 is 0. The Labute approximate surface area is 78.8 Å². The minimum absolute atomic E-state index is 0.965. The van der Waals surface area contributed by atoms with Crippen LogP contribution in [0.2, 0.25) is 0 Å². The van der Waals surface area contributed by atoms with E-state index in [4.69, 9.17) is 0 Å². The molecule has 1 heterocycles. The van der Waals surface area contributed by atoms with E-state index in [9.17, 15) is 0 Å². The van der Waals surface area contributed by atoms with Gasteiger partial charge < -0.3 is 5.32 Å². The monoisotopic (exact) mass is 171 g/mol. The number of para-hydroxylation sites is 1. The molecule has 0 saturated heterocycles. The van der Waals surface area contributed by atoms with E-state index in [1.807, 2.05) is 12.1 Å². The Balaban J connectivity index is 2.36. The van der Waals surface area contributed by atoms with Crippen molar-refractivity contribution in [3.8, 4) is 0 Å². The Kier molecular flexibility index (Phi) is 2.17. The molecular formula is C12H13N. The molecule has 1 aromatic rings. The highest BCUT2D eigenvalue weighted by Crippen LogP contribution is 2.20. The maximum Gasteiger partial charge on any atom is 0.0416 e. The molecule has 0 spiro atoms. The largest absolute Gasteiger partial charge is 0.356 e. The van der Waals surface area contributed by atoms with Crippen molar-refractivity contribution in [2.45, 2.75) is 12.8 Å². The van der Waals surface area contributed by atoms with E-state index in [-0.39, 0.29) is 0 Å². The lowest BCUT2D eigenvalue weighted by Gasteiger charge is -2.13. The molecule has 0 amide bonds. The number of nitrogens with one attached hydrogen (secondary N) is 1. The van der Waals surface area contributed by atoms with Crippen LogP contribution in [0.1, 0.15) is 12.0 Å². The molecule has 0 aromatic heterocycles. The van der Waals surface area contributed by atoms with Crippen molar-refractivity contribution in [3.63, 3.8) is 0 Å². The molecule has 1 heteroatoms. The molecule has 0 unspecified atom stereocenters. The van der Waals surface area contributed by atoms with Crippen molar-refractivity contribution in [1.29, 1.82) is 0 Å². The Bertz CT molecular complexity index is 350. The molecule has 1 aliphatic heterocycles. The fourth-order valence-corrected chi connectivity index (χ4v) is 1.54. The summed E-state index contributed by atoms with van der Waals surface area (Å²) in [5.41, 5.74) is 3.53. The summed E-state index contributed by atoms with van der Waals surface area (Å²) in [5, 5.41) is 3.28. The van der Waals surface area contributed by atoms with Crippen LogP contribution in [0.5, 0.6) is 0 Å². The van der Waals surface area contributed by atoms with Crippen LogP contribution in [0.4, 0.5) is 5.69 Å². The number of aryl methyl sites for hydroxylation is 1. The number of allylic oxidation sites excluding steroid dienone is 2. The molecule has 13 heavy (non-hydrogen) atoms. The maximum absolute atomic E-state index is 3.92. The van der Waals surface area contributed by atoms with Crippen molar-refractivity contribution in [2.75, 3.05) is 5.32 Å². The standard InChI is InChI=1S/C12H13N/c1-10-6-2-3-7-11-8-4-5-9-12(11)13-10/h2,4-6,8-9,13H,1,3,7H2/b6-2-. The van der Waals surface area contributed by atoms with Gasteiger partial charge in [-0.25, -0.2) is 0 Å². The molecule has 0 fully saturated rings. The third-order valence-corrected chi connectivity index (χ3v) is 2.21. The summed E-state index contributed by atoms with van der Waals surface area (Å²) in [6.07, 6.45) is 6.39. The van der Waals surface area contributed by atoms with Gasteiger partial charge in [-0.15, -0.1) is 0 Å². The molecule has 0 atom stereocenters.